The number of halogens is 2. The second kappa shape index (κ2) is 10.3. The average Bonchev–Trinajstić information content (AvgIpc) is 3.39. The first-order chi connectivity index (χ1) is 17.5. The monoisotopic (exact) mass is 500 g/mol. The van der Waals surface area contributed by atoms with Gasteiger partial charge in [-0.25, -0.2) is 9.37 Å². The van der Waals surface area contributed by atoms with Crippen LogP contribution in [0.2, 0.25) is 5.15 Å². The molecule has 1 amide bonds. The minimum atomic E-state index is -0.360. The highest BCUT2D eigenvalue weighted by Crippen LogP contribution is 2.31. The van der Waals surface area contributed by atoms with Crippen molar-refractivity contribution in [3.8, 4) is 11.1 Å². The highest BCUT2D eigenvalue weighted by atomic mass is 35.5. The van der Waals surface area contributed by atoms with E-state index in [-0.39, 0.29) is 24.4 Å². The summed E-state index contributed by atoms with van der Waals surface area (Å²) < 4.78 is 14.9. The van der Waals surface area contributed by atoms with Crippen molar-refractivity contribution in [1.29, 1.82) is 0 Å². The lowest BCUT2D eigenvalue weighted by Gasteiger charge is -2.12. The molecule has 1 aliphatic heterocycles. The van der Waals surface area contributed by atoms with Gasteiger partial charge in [0.25, 0.3) is 5.91 Å². The van der Waals surface area contributed by atoms with Crippen molar-refractivity contribution >= 4 is 23.2 Å². The van der Waals surface area contributed by atoms with Crippen LogP contribution in [-0.4, -0.2) is 21.6 Å². The third-order valence-corrected chi connectivity index (χ3v) is 6.12. The van der Waals surface area contributed by atoms with Crippen LogP contribution < -0.4 is 5.32 Å². The summed E-state index contributed by atoms with van der Waals surface area (Å²) in [5.41, 5.74) is 5.10. The molecule has 6 nitrogen and oxygen atoms in total. The zero-order valence-electron chi connectivity index (χ0n) is 19.4. The number of carbonyl (C=O) groups excluding carboxylic acids is 1. The van der Waals surface area contributed by atoms with Gasteiger partial charge in [-0.1, -0.05) is 41.0 Å². The fourth-order valence-electron chi connectivity index (χ4n) is 4.00. The number of carbonyl (C=O) groups is 1. The van der Waals surface area contributed by atoms with Crippen LogP contribution in [-0.2, 0) is 11.4 Å². The summed E-state index contributed by atoms with van der Waals surface area (Å²) in [6.07, 6.45) is 3.47. The van der Waals surface area contributed by atoms with Gasteiger partial charge in [0.1, 0.15) is 11.0 Å². The predicted octanol–water partition coefficient (Wildman–Crippen LogP) is 6.04. The van der Waals surface area contributed by atoms with E-state index >= 15 is 0 Å². The van der Waals surface area contributed by atoms with Gasteiger partial charge in [-0.2, -0.15) is 0 Å². The van der Waals surface area contributed by atoms with E-state index in [1.54, 1.807) is 42.7 Å². The second-order valence-corrected chi connectivity index (χ2v) is 8.93. The molecule has 8 heteroatoms. The number of aryl methyl sites for hydroxylation is 1. The summed E-state index contributed by atoms with van der Waals surface area (Å²) in [5, 5.41) is 7.54. The van der Waals surface area contributed by atoms with Crippen molar-refractivity contribution in [3.05, 3.63) is 118 Å². The highest BCUT2D eigenvalue weighted by molar-refractivity contribution is 6.29. The Morgan fingerprint density at radius 1 is 1.08 bits per heavy atom. The lowest BCUT2D eigenvalue weighted by Crippen LogP contribution is -2.23. The van der Waals surface area contributed by atoms with E-state index in [9.17, 15) is 9.18 Å². The second-order valence-electron chi connectivity index (χ2n) is 8.54. The maximum atomic E-state index is 14.9. The lowest BCUT2D eigenvalue weighted by atomic mass is 9.94. The molecule has 0 radical (unpaired) electrons. The number of hydrogen-bond donors (Lipinski definition) is 1. The highest BCUT2D eigenvalue weighted by Gasteiger charge is 2.26. The van der Waals surface area contributed by atoms with Gasteiger partial charge in [-0.3, -0.25) is 9.78 Å². The third-order valence-electron chi connectivity index (χ3n) is 5.89. The summed E-state index contributed by atoms with van der Waals surface area (Å²) in [4.78, 5) is 27.2. The van der Waals surface area contributed by atoms with E-state index in [4.69, 9.17) is 16.4 Å². The van der Waals surface area contributed by atoms with Crippen LogP contribution in [0.1, 0.15) is 45.3 Å². The normalized spacial score (nSPS) is 14.8. The summed E-state index contributed by atoms with van der Waals surface area (Å²) in [5.74, 6) is -0.664. The first kappa shape index (κ1) is 23.6. The molecule has 2 aromatic carbocycles. The summed E-state index contributed by atoms with van der Waals surface area (Å²) in [6, 6.07) is 19.4. The van der Waals surface area contributed by atoms with E-state index in [1.807, 2.05) is 37.3 Å². The van der Waals surface area contributed by atoms with Crippen LogP contribution in [0.5, 0.6) is 0 Å². The molecule has 36 heavy (non-hydrogen) atoms. The van der Waals surface area contributed by atoms with Gasteiger partial charge in [0, 0.05) is 42.0 Å². The molecule has 5 rings (SSSR count). The number of oxime groups is 1. The Morgan fingerprint density at radius 2 is 1.94 bits per heavy atom. The SMILES string of the molecule is Cc1ccc(-c2cc(C(=O)NCc3ccc(Cl)nc3)cc(C3=NOC(c4ccccn4)C3)c2)c(F)c1. The number of benzene rings is 2. The van der Waals surface area contributed by atoms with Gasteiger partial charge >= 0.3 is 0 Å². The third kappa shape index (κ3) is 5.26. The van der Waals surface area contributed by atoms with Gasteiger partial charge in [-0.05, 0) is 66.1 Å². The first-order valence-corrected chi connectivity index (χ1v) is 11.8. The predicted molar refractivity (Wildman–Crippen MR) is 136 cm³/mol. The molecule has 0 fully saturated rings. The van der Waals surface area contributed by atoms with Crippen molar-refractivity contribution in [1.82, 2.24) is 15.3 Å². The number of nitrogens with one attached hydrogen (secondary N) is 1. The molecule has 0 aliphatic carbocycles. The van der Waals surface area contributed by atoms with Crippen LogP contribution in [0.3, 0.4) is 0 Å². The Labute approximate surface area is 212 Å². The zero-order chi connectivity index (χ0) is 25.1. The minimum absolute atomic E-state index is 0.271. The molecule has 1 atom stereocenters. The summed E-state index contributed by atoms with van der Waals surface area (Å²) >= 11 is 5.84. The number of rotatable bonds is 6. The number of nitrogens with zero attached hydrogens (tertiary/aromatic N) is 3. The summed E-state index contributed by atoms with van der Waals surface area (Å²) in [7, 11) is 0. The van der Waals surface area contributed by atoms with E-state index in [2.05, 4.69) is 20.4 Å². The van der Waals surface area contributed by atoms with E-state index in [0.29, 0.717) is 39.5 Å². The van der Waals surface area contributed by atoms with Gasteiger partial charge in [0.2, 0.25) is 0 Å². The van der Waals surface area contributed by atoms with E-state index < -0.39 is 0 Å². The van der Waals surface area contributed by atoms with Crippen molar-refractivity contribution in [2.45, 2.75) is 26.0 Å². The molecular weight excluding hydrogens is 479 g/mol. The lowest BCUT2D eigenvalue weighted by molar-refractivity contribution is 0.0826. The van der Waals surface area contributed by atoms with Crippen LogP contribution in [0.15, 0.2) is 84.3 Å². The Kier molecular flexibility index (Phi) is 6.73. The molecule has 2 aromatic heterocycles. The molecular formula is C28H22ClFN4O2. The number of pyridine rings is 2. The van der Waals surface area contributed by atoms with Crippen LogP contribution in [0, 0.1) is 12.7 Å². The molecule has 180 valence electrons. The van der Waals surface area contributed by atoms with Crippen LogP contribution >= 0.6 is 11.6 Å². The fourth-order valence-corrected chi connectivity index (χ4v) is 4.12. The van der Waals surface area contributed by atoms with Crippen molar-refractivity contribution in [2.75, 3.05) is 0 Å². The van der Waals surface area contributed by atoms with Crippen molar-refractivity contribution in [2.24, 2.45) is 5.16 Å². The molecule has 1 unspecified atom stereocenters. The van der Waals surface area contributed by atoms with E-state index in [1.165, 1.54) is 6.07 Å². The zero-order valence-corrected chi connectivity index (χ0v) is 20.2. The Bertz CT molecular complexity index is 1440. The standard InChI is InChI=1S/C28H22ClFN4O2/c1-17-5-7-22(23(30)10-17)19-11-20(25-14-26(36-34-25)24-4-2-3-9-31-24)13-21(12-19)28(35)33-16-18-6-8-27(29)32-15-18/h2-13,15,26H,14,16H2,1H3,(H,33,35). The molecule has 0 bridgehead atoms. The molecule has 4 aromatic rings. The number of hydrogen-bond acceptors (Lipinski definition) is 5. The van der Waals surface area contributed by atoms with Crippen molar-refractivity contribution in [3.63, 3.8) is 0 Å². The molecule has 1 aliphatic rings. The molecule has 3 heterocycles. The van der Waals surface area contributed by atoms with Crippen LogP contribution in [0.25, 0.3) is 11.1 Å². The van der Waals surface area contributed by atoms with Crippen LogP contribution in [0.4, 0.5) is 4.39 Å². The van der Waals surface area contributed by atoms with Gasteiger partial charge in [0.05, 0.1) is 11.4 Å². The fraction of sp³-hybridized carbons (Fsp3) is 0.143. The topological polar surface area (TPSA) is 76.5 Å². The van der Waals surface area contributed by atoms with Crippen molar-refractivity contribution < 1.29 is 14.0 Å². The Balaban J connectivity index is 1.46. The largest absolute Gasteiger partial charge is 0.385 e. The Morgan fingerprint density at radius 3 is 2.69 bits per heavy atom. The maximum Gasteiger partial charge on any atom is 0.251 e. The quantitative estimate of drug-likeness (QED) is 0.327. The molecule has 1 N–H and O–H groups in total. The summed E-state index contributed by atoms with van der Waals surface area (Å²) in [6.45, 7) is 2.10. The van der Waals surface area contributed by atoms with E-state index in [0.717, 1.165) is 16.8 Å². The molecule has 0 spiro atoms. The maximum absolute atomic E-state index is 14.9. The van der Waals surface area contributed by atoms with Gasteiger partial charge in [0.15, 0.2) is 6.10 Å². The molecule has 0 saturated carbocycles. The number of aromatic nitrogens is 2. The Hall–Kier alpha value is -4.10. The molecule has 0 saturated heterocycles. The first-order valence-electron chi connectivity index (χ1n) is 11.4. The average molecular weight is 501 g/mol. The van der Waals surface area contributed by atoms with Gasteiger partial charge in [-0.15, -0.1) is 0 Å². The smallest absolute Gasteiger partial charge is 0.251 e. The van der Waals surface area contributed by atoms with Gasteiger partial charge < -0.3 is 10.2 Å². The minimum Gasteiger partial charge on any atom is -0.385 e. The number of amides is 1.